The Morgan fingerprint density at radius 1 is 0.919 bits per heavy atom. The molecule has 0 fully saturated rings. The second-order valence-electron chi connectivity index (χ2n) is 8.69. The molecule has 4 nitrogen and oxygen atoms in total. The molecule has 8 heteroatoms. The van der Waals surface area contributed by atoms with E-state index in [4.69, 9.17) is 34.8 Å². The number of carbonyl (C=O) groups is 2. The first-order chi connectivity index (χ1) is 17.9. The number of benzene rings is 3. The molecule has 3 aromatic rings. The number of hydrogen-bond donors (Lipinski definition) is 1. The summed E-state index contributed by atoms with van der Waals surface area (Å²) < 4.78 is 0. The molecule has 0 saturated carbocycles. The van der Waals surface area contributed by atoms with Crippen molar-refractivity contribution < 1.29 is 9.59 Å². The van der Waals surface area contributed by atoms with Crippen LogP contribution in [0.2, 0.25) is 15.1 Å². The van der Waals surface area contributed by atoms with Crippen LogP contribution in [0.5, 0.6) is 0 Å². The highest BCUT2D eigenvalue weighted by Crippen LogP contribution is 2.26. The van der Waals surface area contributed by atoms with Crippen LogP contribution in [0.15, 0.2) is 72.8 Å². The number of halogens is 3. The van der Waals surface area contributed by atoms with Crippen LogP contribution in [0.4, 0.5) is 0 Å². The third kappa shape index (κ3) is 9.26. The largest absolute Gasteiger partial charge is 0.354 e. The van der Waals surface area contributed by atoms with Crippen molar-refractivity contribution in [3.05, 3.63) is 105 Å². The molecule has 1 N–H and O–H groups in total. The molecular formula is C29H31Cl3N2O2S. The zero-order valence-corrected chi connectivity index (χ0v) is 23.8. The number of nitrogens with zero attached hydrogens (tertiary/aromatic N) is 1. The lowest BCUT2D eigenvalue weighted by molar-refractivity contribution is -0.139. The monoisotopic (exact) mass is 576 g/mol. The van der Waals surface area contributed by atoms with Crippen molar-refractivity contribution in [2.45, 2.75) is 44.5 Å². The Morgan fingerprint density at radius 2 is 1.65 bits per heavy atom. The van der Waals surface area contributed by atoms with Crippen LogP contribution >= 0.6 is 46.6 Å². The molecule has 0 radical (unpaired) electrons. The molecule has 37 heavy (non-hydrogen) atoms. The van der Waals surface area contributed by atoms with Gasteiger partial charge in [0.15, 0.2) is 0 Å². The first kappa shape index (κ1) is 29.4. The molecular weight excluding hydrogens is 547 g/mol. The van der Waals surface area contributed by atoms with Gasteiger partial charge < -0.3 is 10.2 Å². The van der Waals surface area contributed by atoms with Crippen molar-refractivity contribution in [3.63, 3.8) is 0 Å². The number of carbonyl (C=O) groups excluding carboxylic acids is 2. The van der Waals surface area contributed by atoms with Crippen LogP contribution in [0.25, 0.3) is 0 Å². The van der Waals surface area contributed by atoms with Crippen molar-refractivity contribution in [2.24, 2.45) is 0 Å². The van der Waals surface area contributed by atoms with Crippen LogP contribution in [-0.4, -0.2) is 35.1 Å². The summed E-state index contributed by atoms with van der Waals surface area (Å²) in [5.41, 5.74) is 2.67. The van der Waals surface area contributed by atoms with Gasteiger partial charge in [-0.15, -0.1) is 11.8 Å². The predicted octanol–water partition coefficient (Wildman–Crippen LogP) is 7.44. The van der Waals surface area contributed by atoms with Crippen LogP contribution in [0.3, 0.4) is 0 Å². The highest BCUT2D eigenvalue weighted by atomic mass is 35.5. The van der Waals surface area contributed by atoms with E-state index in [2.05, 4.69) is 12.2 Å². The van der Waals surface area contributed by atoms with Gasteiger partial charge in [0, 0.05) is 40.3 Å². The standard InChI is InChI=1S/C29H31Cl3N2O2S/c1-2-3-15-33-29(36)27(16-21-9-5-4-6-10-21)34(18-22-13-14-24(30)17-26(22)32)28(35)20-37-19-23-11-7-8-12-25(23)31/h4-14,17,27H,2-3,15-16,18-20H2,1H3,(H,33,36)/t27-/m1/s1. The molecule has 0 bridgehead atoms. The first-order valence-corrected chi connectivity index (χ1v) is 14.5. The lowest BCUT2D eigenvalue weighted by Crippen LogP contribution is -2.51. The summed E-state index contributed by atoms with van der Waals surface area (Å²) in [6, 6.07) is 21.8. The molecule has 1 atom stereocenters. The van der Waals surface area contributed by atoms with Crippen molar-refractivity contribution in [1.82, 2.24) is 10.2 Å². The van der Waals surface area contributed by atoms with Gasteiger partial charge in [-0.2, -0.15) is 0 Å². The zero-order valence-electron chi connectivity index (χ0n) is 20.8. The van der Waals surface area contributed by atoms with Gasteiger partial charge in [0.25, 0.3) is 0 Å². The van der Waals surface area contributed by atoms with Gasteiger partial charge in [0.05, 0.1) is 5.75 Å². The van der Waals surface area contributed by atoms with Gasteiger partial charge in [0.1, 0.15) is 6.04 Å². The molecule has 196 valence electrons. The Kier molecular flexibility index (Phi) is 12.1. The smallest absolute Gasteiger partial charge is 0.243 e. The topological polar surface area (TPSA) is 49.4 Å². The molecule has 0 aliphatic carbocycles. The molecule has 0 aliphatic heterocycles. The highest BCUT2D eigenvalue weighted by Gasteiger charge is 2.30. The maximum atomic E-state index is 13.7. The summed E-state index contributed by atoms with van der Waals surface area (Å²) in [7, 11) is 0. The number of unbranched alkanes of at least 4 members (excludes halogenated alkanes) is 1. The van der Waals surface area contributed by atoms with E-state index in [1.807, 2.05) is 54.6 Å². The Balaban J connectivity index is 1.87. The van der Waals surface area contributed by atoms with E-state index < -0.39 is 6.04 Å². The third-order valence-corrected chi connectivity index (χ3v) is 7.82. The van der Waals surface area contributed by atoms with Gasteiger partial charge in [0.2, 0.25) is 11.8 Å². The summed E-state index contributed by atoms with van der Waals surface area (Å²) in [5, 5.41) is 4.67. The fourth-order valence-electron chi connectivity index (χ4n) is 3.84. The van der Waals surface area contributed by atoms with Gasteiger partial charge in [-0.3, -0.25) is 9.59 Å². The Labute approximate surface area is 238 Å². The second-order valence-corrected chi connectivity index (χ2v) is 10.9. The normalized spacial score (nSPS) is 11.7. The van der Waals surface area contributed by atoms with E-state index in [-0.39, 0.29) is 24.1 Å². The van der Waals surface area contributed by atoms with E-state index in [0.29, 0.717) is 33.8 Å². The SMILES string of the molecule is CCCCNC(=O)[C@@H](Cc1ccccc1)N(Cc1ccc(Cl)cc1Cl)C(=O)CSCc1ccccc1Cl. The number of nitrogens with one attached hydrogen (secondary N) is 1. The van der Waals surface area contributed by atoms with Gasteiger partial charge in [-0.1, -0.05) is 103 Å². The first-order valence-electron chi connectivity index (χ1n) is 12.2. The Bertz CT molecular complexity index is 1180. The van der Waals surface area contributed by atoms with E-state index >= 15 is 0 Å². The minimum Gasteiger partial charge on any atom is -0.354 e. The molecule has 0 unspecified atom stereocenters. The maximum absolute atomic E-state index is 13.7. The number of thioether (sulfide) groups is 1. The highest BCUT2D eigenvalue weighted by molar-refractivity contribution is 7.99. The van der Waals surface area contributed by atoms with Crippen molar-refractivity contribution in [3.8, 4) is 0 Å². The summed E-state index contributed by atoms with van der Waals surface area (Å²) >= 11 is 20.4. The molecule has 0 saturated heterocycles. The Hall–Kier alpha value is -2.18. The molecule has 0 spiro atoms. The van der Waals surface area contributed by atoms with Crippen LogP contribution < -0.4 is 5.32 Å². The van der Waals surface area contributed by atoms with Gasteiger partial charge >= 0.3 is 0 Å². The summed E-state index contributed by atoms with van der Waals surface area (Å²) in [6.07, 6.45) is 2.23. The van der Waals surface area contributed by atoms with Crippen molar-refractivity contribution in [2.75, 3.05) is 12.3 Å². The van der Waals surface area contributed by atoms with Gasteiger partial charge in [-0.25, -0.2) is 0 Å². The molecule has 0 heterocycles. The maximum Gasteiger partial charge on any atom is 0.243 e. The molecule has 2 amide bonds. The number of amides is 2. The van der Waals surface area contributed by atoms with Crippen molar-refractivity contribution in [1.29, 1.82) is 0 Å². The predicted molar refractivity (Wildman–Crippen MR) is 156 cm³/mol. The lowest BCUT2D eigenvalue weighted by atomic mass is 10.0. The number of rotatable bonds is 13. The van der Waals surface area contributed by atoms with E-state index in [0.717, 1.165) is 29.5 Å². The molecule has 0 aliphatic rings. The van der Waals surface area contributed by atoms with Gasteiger partial charge in [-0.05, 0) is 41.3 Å². The van der Waals surface area contributed by atoms with Crippen LogP contribution in [-0.2, 0) is 28.3 Å². The molecule has 3 aromatic carbocycles. The molecule has 0 aromatic heterocycles. The third-order valence-electron chi connectivity index (χ3n) is 5.90. The van der Waals surface area contributed by atoms with E-state index in [1.165, 1.54) is 11.8 Å². The number of hydrogen-bond acceptors (Lipinski definition) is 3. The van der Waals surface area contributed by atoms with E-state index in [9.17, 15) is 9.59 Å². The van der Waals surface area contributed by atoms with Crippen molar-refractivity contribution >= 4 is 58.4 Å². The second kappa shape index (κ2) is 15.3. The summed E-state index contributed by atoms with van der Waals surface area (Å²) in [4.78, 5) is 28.8. The van der Waals surface area contributed by atoms with E-state index in [1.54, 1.807) is 23.1 Å². The molecule has 3 rings (SSSR count). The van der Waals surface area contributed by atoms with Crippen LogP contribution in [0.1, 0.15) is 36.5 Å². The quantitative estimate of drug-likeness (QED) is 0.215. The lowest BCUT2D eigenvalue weighted by Gasteiger charge is -2.32. The van der Waals surface area contributed by atoms with Crippen LogP contribution in [0, 0.1) is 0 Å². The average molecular weight is 578 g/mol. The fraction of sp³-hybridized carbons (Fsp3) is 0.310. The average Bonchev–Trinajstić information content (AvgIpc) is 2.89. The zero-order chi connectivity index (χ0) is 26.6. The minimum atomic E-state index is -0.695. The Morgan fingerprint density at radius 3 is 2.35 bits per heavy atom. The summed E-state index contributed by atoms with van der Waals surface area (Å²) in [6.45, 7) is 2.83. The summed E-state index contributed by atoms with van der Waals surface area (Å²) in [5.74, 6) is 0.471. The fourth-order valence-corrected chi connectivity index (χ4v) is 5.50. The minimum absolute atomic E-state index is 0.144.